The smallest absolute Gasteiger partial charge is 0.285 e. The van der Waals surface area contributed by atoms with Gasteiger partial charge in [0.2, 0.25) is 0 Å². The second kappa shape index (κ2) is 6.94. The number of halogens is 1. The van der Waals surface area contributed by atoms with E-state index in [1.54, 1.807) is 6.92 Å². The first kappa shape index (κ1) is 16.0. The minimum Gasteiger partial charge on any atom is -0.396 e. The SMILES string of the molecule is CCS(=O)CCNC(=O)c1cc(N)c(F)cc1[N+](=O)[O-]. The Bertz CT molecular complexity index is 565. The lowest BCUT2D eigenvalue weighted by molar-refractivity contribution is -0.385. The summed E-state index contributed by atoms with van der Waals surface area (Å²) in [5, 5.41) is 13.2. The average Bonchev–Trinajstić information content (AvgIpc) is 2.40. The third-order valence-corrected chi connectivity index (χ3v) is 3.80. The number of rotatable bonds is 6. The van der Waals surface area contributed by atoms with E-state index in [0.29, 0.717) is 11.8 Å². The number of nitrogens with one attached hydrogen (secondary N) is 1. The monoisotopic (exact) mass is 303 g/mol. The summed E-state index contributed by atoms with van der Waals surface area (Å²) in [5.74, 6) is -1.01. The molecule has 0 bridgehead atoms. The van der Waals surface area contributed by atoms with E-state index in [9.17, 15) is 23.5 Å². The van der Waals surface area contributed by atoms with Crippen molar-refractivity contribution in [2.24, 2.45) is 0 Å². The molecule has 1 rings (SSSR count). The standard InChI is InChI=1S/C11H14FN3O4S/c1-2-20(19)4-3-14-11(16)7-5-9(13)8(12)6-10(7)15(17)18/h5-6H,2-4,13H2,1H3,(H,14,16). The van der Waals surface area contributed by atoms with Crippen LogP contribution in [0.3, 0.4) is 0 Å². The highest BCUT2D eigenvalue weighted by atomic mass is 32.2. The van der Waals surface area contributed by atoms with Gasteiger partial charge in [-0.05, 0) is 6.07 Å². The fourth-order valence-corrected chi connectivity index (χ4v) is 2.05. The number of carbonyl (C=O) groups excluding carboxylic acids is 1. The lowest BCUT2D eigenvalue weighted by Gasteiger charge is -2.07. The molecule has 1 aromatic carbocycles. The quantitative estimate of drug-likeness (QED) is 0.458. The number of hydrogen-bond acceptors (Lipinski definition) is 5. The Hall–Kier alpha value is -2.03. The van der Waals surface area contributed by atoms with E-state index >= 15 is 0 Å². The van der Waals surface area contributed by atoms with Gasteiger partial charge in [0.15, 0.2) is 5.82 Å². The van der Waals surface area contributed by atoms with Gasteiger partial charge in [-0.15, -0.1) is 0 Å². The number of amides is 1. The highest BCUT2D eigenvalue weighted by Crippen LogP contribution is 2.24. The molecule has 9 heteroatoms. The van der Waals surface area contributed by atoms with Crippen LogP contribution >= 0.6 is 0 Å². The van der Waals surface area contributed by atoms with Gasteiger partial charge in [0, 0.05) is 28.9 Å². The Balaban J connectivity index is 2.89. The van der Waals surface area contributed by atoms with E-state index in [1.807, 2.05) is 0 Å². The van der Waals surface area contributed by atoms with E-state index < -0.39 is 33.1 Å². The topological polar surface area (TPSA) is 115 Å². The van der Waals surface area contributed by atoms with Gasteiger partial charge in [0.25, 0.3) is 11.6 Å². The van der Waals surface area contributed by atoms with Gasteiger partial charge in [0.05, 0.1) is 16.7 Å². The Labute approximate surface area is 117 Å². The number of carbonyl (C=O) groups is 1. The molecule has 1 aromatic rings. The van der Waals surface area contributed by atoms with Crippen LogP contribution in [0.5, 0.6) is 0 Å². The largest absolute Gasteiger partial charge is 0.396 e. The van der Waals surface area contributed by atoms with Crippen molar-refractivity contribution in [2.45, 2.75) is 6.92 Å². The lowest BCUT2D eigenvalue weighted by atomic mass is 10.1. The first-order valence-corrected chi connectivity index (χ1v) is 7.22. The van der Waals surface area contributed by atoms with Crippen molar-refractivity contribution >= 4 is 28.1 Å². The van der Waals surface area contributed by atoms with Crippen LogP contribution < -0.4 is 11.1 Å². The van der Waals surface area contributed by atoms with Crippen LogP contribution in [0.4, 0.5) is 15.8 Å². The molecule has 0 aliphatic carbocycles. The van der Waals surface area contributed by atoms with Gasteiger partial charge in [-0.1, -0.05) is 6.92 Å². The Morgan fingerprint density at radius 2 is 2.20 bits per heavy atom. The second-order valence-electron chi connectivity index (χ2n) is 3.84. The van der Waals surface area contributed by atoms with Crippen molar-refractivity contribution < 1.29 is 18.3 Å². The number of nitrogens with two attached hydrogens (primary N) is 1. The molecule has 1 unspecified atom stereocenters. The molecular weight excluding hydrogens is 289 g/mol. The maximum atomic E-state index is 13.2. The first-order valence-electron chi connectivity index (χ1n) is 5.73. The van der Waals surface area contributed by atoms with E-state index in [4.69, 9.17) is 5.73 Å². The molecule has 0 radical (unpaired) electrons. The lowest BCUT2D eigenvalue weighted by Crippen LogP contribution is -2.28. The van der Waals surface area contributed by atoms with Crippen molar-refractivity contribution in [2.75, 3.05) is 23.8 Å². The van der Waals surface area contributed by atoms with Crippen molar-refractivity contribution in [1.82, 2.24) is 5.32 Å². The molecule has 0 aromatic heterocycles. The maximum Gasteiger partial charge on any atom is 0.285 e. The number of nitro groups is 1. The molecule has 0 aliphatic heterocycles. The fraction of sp³-hybridized carbons (Fsp3) is 0.364. The predicted molar refractivity (Wildman–Crippen MR) is 73.4 cm³/mol. The van der Waals surface area contributed by atoms with Gasteiger partial charge < -0.3 is 11.1 Å². The molecular formula is C11H14FN3O4S. The van der Waals surface area contributed by atoms with Crippen molar-refractivity contribution in [3.05, 3.63) is 33.6 Å². The molecule has 0 heterocycles. The third kappa shape index (κ3) is 3.98. The minimum atomic E-state index is -1.06. The maximum absolute atomic E-state index is 13.2. The molecule has 0 spiro atoms. The van der Waals surface area contributed by atoms with Gasteiger partial charge in [-0.2, -0.15) is 0 Å². The number of nitrogens with zero attached hydrogens (tertiary/aromatic N) is 1. The molecule has 0 fully saturated rings. The zero-order chi connectivity index (χ0) is 15.3. The van der Waals surface area contributed by atoms with Gasteiger partial charge in [-0.25, -0.2) is 4.39 Å². The van der Waals surface area contributed by atoms with Crippen LogP contribution in [0.1, 0.15) is 17.3 Å². The van der Waals surface area contributed by atoms with E-state index in [2.05, 4.69) is 5.32 Å². The van der Waals surface area contributed by atoms with E-state index in [1.165, 1.54) is 0 Å². The molecule has 1 atom stereocenters. The molecule has 0 saturated carbocycles. The zero-order valence-electron chi connectivity index (χ0n) is 10.7. The zero-order valence-corrected chi connectivity index (χ0v) is 11.5. The second-order valence-corrected chi connectivity index (χ2v) is 5.70. The fourth-order valence-electron chi connectivity index (χ4n) is 1.43. The van der Waals surface area contributed by atoms with Gasteiger partial charge in [0.1, 0.15) is 5.56 Å². The highest BCUT2D eigenvalue weighted by molar-refractivity contribution is 7.84. The summed E-state index contributed by atoms with van der Waals surface area (Å²) in [6, 6.07) is 1.52. The van der Waals surface area contributed by atoms with Crippen LogP contribution in [0.25, 0.3) is 0 Å². The average molecular weight is 303 g/mol. The summed E-state index contributed by atoms with van der Waals surface area (Å²) >= 11 is 0. The summed E-state index contributed by atoms with van der Waals surface area (Å²) in [5.41, 5.74) is 3.97. The normalized spacial score (nSPS) is 11.9. The Morgan fingerprint density at radius 3 is 2.75 bits per heavy atom. The van der Waals surface area contributed by atoms with Crippen LogP contribution in [-0.4, -0.2) is 33.1 Å². The molecule has 0 aliphatic rings. The molecule has 3 N–H and O–H groups in total. The van der Waals surface area contributed by atoms with Crippen LogP contribution in [-0.2, 0) is 10.8 Å². The van der Waals surface area contributed by atoms with Crippen molar-refractivity contribution in [1.29, 1.82) is 0 Å². The van der Waals surface area contributed by atoms with Crippen molar-refractivity contribution in [3.63, 3.8) is 0 Å². The molecule has 1 amide bonds. The Morgan fingerprint density at radius 1 is 1.55 bits per heavy atom. The van der Waals surface area contributed by atoms with Crippen LogP contribution in [0.15, 0.2) is 12.1 Å². The Kier molecular flexibility index (Phi) is 5.56. The number of anilines is 1. The number of nitrogen functional groups attached to an aromatic ring is 1. The summed E-state index contributed by atoms with van der Waals surface area (Å²) < 4.78 is 24.4. The summed E-state index contributed by atoms with van der Waals surface area (Å²) in [7, 11) is -1.06. The number of benzene rings is 1. The van der Waals surface area contributed by atoms with E-state index in [-0.39, 0.29) is 23.5 Å². The molecule has 110 valence electrons. The van der Waals surface area contributed by atoms with Crippen LogP contribution in [0.2, 0.25) is 0 Å². The summed E-state index contributed by atoms with van der Waals surface area (Å²) in [6.07, 6.45) is 0. The van der Waals surface area contributed by atoms with Crippen molar-refractivity contribution in [3.8, 4) is 0 Å². The highest BCUT2D eigenvalue weighted by Gasteiger charge is 2.22. The summed E-state index contributed by atoms with van der Waals surface area (Å²) in [6.45, 7) is 1.84. The van der Waals surface area contributed by atoms with Crippen LogP contribution in [0, 0.1) is 15.9 Å². The van der Waals surface area contributed by atoms with Gasteiger partial charge >= 0.3 is 0 Å². The van der Waals surface area contributed by atoms with Gasteiger partial charge in [-0.3, -0.25) is 19.1 Å². The first-order chi connectivity index (χ1) is 9.36. The van der Waals surface area contributed by atoms with E-state index in [0.717, 1.165) is 6.07 Å². The molecule has 20 heavy (non-hydrogen) atoms. The molecule has 0 saturated heterocycles. The number of hydrogen-bond donors (Lipinski definition) is 2. The number of nitro benzene ring substituents is 1. The third-order valence-electron chi connectivity index (χ3n) is 2.49. The summed E-state index contributed by atoms with van der Waals surface area (Å²) in [4.78, 5) is 21.7. The minimum absolute atomic E-state index is 0.105. The predicted octanol–water partition coefficient (Wildman–Crippen LogP) is 0.814. The molecule has 7 nitrogen and oxygen atoms in total.